The molecule has 1 N–H and O–H groups in total. The van der Waals surface area contributed by atoms with Gasteiger partial charge >= 0.3 is 6.09 Å². The highest BCUT2D eigenvalue weighted by molar-refractivity contribution is 5.67. The van der Waals surface area contributed by atoms with Crippen molar-refractivity contribution in [1.29, 1.82) is 0 Å². The lowest BCUT2D eigenvalue weighted by atomic mass is 9.91. The van der Waals surface area contributed by atoms with E-state index in [0.29, 0.717) is 18.6 Å². The van der Waals surface area contributed by atoms with Gasteiger partial charge in [0.1, 0.15) is 0 Å². The van der Waals surface area contributed by atoms with Crippen LogP contribution in [-0.4, -0.2) is 56.5 Å². The van der Waals surface area contributed by atoms with Gasteiger partial charge in [-0.15, -0.1) is 0 Å². The number of hydrogen-bond donors (Lipinski definition) is 1. The van der Waals surface area contributed by atoms with Gasteiger partial charge in [-0.25, -0.2) is 4.79 Å². The molecule has 2 aliphatic heterocycles. The van der Waals surface area contributed by atoms with E-state index in [9.17, 15) is 4.79 Å². The van der Waals surface area contributed by atoms with Gasteiger partial charge in [-0.2, -0.15) is 0 Å². The van der Waals surface area contributed by atoms with E-state index in [2.05, 4.69) is 5.32 Å². The van der Waals surface area contributed by atoms with Gasteiger partial charge in [0.2, 0.25) is 0 Å². The van der Waals surface area contributed by atoms with Crippen LogP contribution < -0.4 is 5.32 Å². The summed E-state index contributed by atoms with van der Waals surface area (Å²) < 4.78 is 10.8. The van der Waals surface area contributed by atoms with Crippen molar-refractivity contribution < 1.29 is 14.3 Å². The average Bonchev–Trinajstić information content (AvgIpc) is 2.40. The summed E-state index contributed by atoms with van der Waals surface area (Å²) in [5, 5.41) is 3.36. The number of amides is 1. The van der Waals surface area contributed by atoms with Gasteiger partial charge in [0.15, 0.2) is 0 Å². The summed E-state index contributed by atoms with van der Waals surface area (Å²) in [4.78, 5) is 13.3. The highest BCUT2D eigenvalue weighted by Gasteiger charge is 2.30. The molecule has 0 aliphatic carbocycles. The van der Waals surface area contributed by atoms with Crippen molar-refractivity contribution in [3.05, 3.63) is 0 Å². The van der Waals surface area contributed by atoms with Crippen LogP contribution in [0.1, 0.15) is 19.8 Å². The number of nitrogens with one attached hydrogen (secondary N) is 1. The standard InChI is InChI=1S/C12H22N2O3/c1-2-16-12(15)14-6-3-10(4-7-14)11-9-13-5-8-17-11/h10-11,13H,2-9H2,1H3. The SMILES string of the molecule is CCOC(=O)N1CCC(C2CNCCO2)CC1. The molecule has 2 saturated heterocycles. The number of nitrogens with zero attached hydrogens (tertiary/aromatic N) is 1. The zero-order valence-corrected chi connectivity index (χ0v) is 10.5. The first-order chi connectivity index (χ1) is 8.31. The third kappa shape index (κ3) is 3.33. The Hall–Kier alpha value is -0.810. The predicted molar refractivity (Wildman–Crippen MR) is 63.9 cm³/mol. The maximum atomic E-state index is 11.5. The van der Waals surface area contributed by atoms with E-state index in [1.165, 1.54) is 0 Å². The smallest absolute Gasteiger partial charge is 0.409 e. The Morgan fingerprint density at radius 1 is 1.47 bits per heavy atom. The topological polar surface area (TPSA) is 50.8 Å². The molecule has 2 fully saturated rings. The number of ether oxygens (including phenoxy) is 2. The third-order valence-corrected chi connectivity index (χ3v) is 3.55. The molecule has 1 unspecified atom stereocenters. The Morgan fingerprint density at radius 2 is 2.24 bits per heavy atom. The van der Waals surface area contributed by atoms with Gasteiger partial charge in [-0.3, -0.25) is 0 Å². The third-order valence-electron chi connectivity index (χ3n) is 3.55. The number of morpholine rings is 1. The first-order valence-corrected chi connectivity index (χ1v) is 6.55. The summed E-state index contributed by atoms with van der Waals surface area (Å²) in [6.07, 6.45) is 2.19. The molecule has 1 atom stereocenters. The zero-order valence-electron chi connectivity index (χ0n) is 10.5. The second-order valence-corrected chi connectivity index (χ2v) is 4.64. The maximum absolute atomic E-state index is 11.5. The molecular weight excluding hydrogens is 220 g/mol. The van der Waals surface area contributed by atoms with Crippen LogP contribution in [0.2, 0.25) is 0 Å². The minimum absolute atomic E-state index is 0.173. The van der Waals surface area contributed by atoms with Crippen LogP contribution >= 0.6 is 0 Å². The molecule has 5 heteroatoms. The van der Waals surface area contributed by atoms with Crippen molar-refractivity contribution in [2.45, 2.75) is 25.9 Å². The van der Waals surface area contributed by atoms with Crippen LogP contribution in [0.3, 0.4) is 0 Å². The Labute approximate surface area is 102 Å². The van der Waals surface area contributed by atoms with Crippen LogP contribution in [-0.2, 0) is 9.47 Å². The normalized spacial score (nSPS) is 26.9. The van der Waals surface area contributed by atoms with E-state index >= 15 is 0 Å². The maximum Gasteiger partial charge on any atom is 0.409 e. The molecule has 17 heavy (non-hydrogen) atoms. The number of carbonyl (C=O) groups is 1. The Kier molecular flexibility index (Phi) is 4.62. The van der Waals surface area contributed by atoms with Crippen molar-refractivity contribution in [3.8, 4) is 0 Å². The molecule has 0 saturated carbocycles. The second kappa shape index (κ2) is 6.21. The van der Waals surface area contributed by atoms with Gasteiger partial charge < -0.3 is 19.7 Å². The Bertz CT molecular complexity index is 246. The van der Waals surface area contributed by atoms with E-state index in [0.717, 1.165) is 45.6 Å². The largest absolute Gasteiger partial charge is 0.450 e. The molecular formula is C12H22N2O3. The van der Waals surface area contributed by atoms with Crippen molar-refractivity contribution in [3.63, 3.8) is 0 Å². The van der Waals surface area contributed by atoms with Crippen molar-refractivity contribution >= 4 is 6.09 Å². The second-order valence-electron chi connectivity index (χ2n) is 4.64. The van der Waals surface area contributed by atoms with E-state index in [1.807, 2.05) is 6.92 Å². The first-order valence-electron chi connectivity index (χ1n) is 6.55. The van der Waals surface area contributed by atoms with Gasteiger partial charge in [-0.05, 0) is 25.7 Å². The summed E-state index contributed by atoms with van der Waals surface area (Å²) in [6.45, 7) is 6.60. The summed E-state index contributed by atoms with van der Waals surface area (Å²) in [5.41, 5.74) is 0. The quantitative estimate of drug-likeness (QED) is 0.779. The first kappa shape index (κ1) is 12.6. The summed E-state index contributed by atoms with van der Waals surface area (Å²) in [7, 11) is 0. The van der Waals surface area contributed by atoms with Gasteiger partial charge in [0, 0.05) is 26.2 Å². The molecule has 0 bridgehead atoms. The van der Waals surface area contributed by atoms with Crippen molar-refractivity contribution in [2.24, 2.45) is 5.92 Å². The number of likely N-dealkylation sites (tertiary alicyclic amines) is 1. The van der Waals surface area contributed by atoms with Crippen LogP contribution in [0.5, 0.6) is 0 Å². The fraction of sp³-hybridized carbons (Fsp3) is 0.917. The summed E-state index contributed by atoms with van der Waals surface area (Å²) in [6, 6.07) is 0. The predicted octanol–water partition coefficient (Wildman–Crippen LogP) is 0.843. The molecule has 98 valence electrons. The van der Waals surface area contributed by atoms with E-state index in [4.69, 9.17) is 9.47 Å². The van der Waals surface area contributed by atoms with E-state index in [1.54, 1.807) is 4.90 Å². The fourth-order valence-corrected chi connectivity index (χ4v) is 2.56. The Morgan fingerprint density at radius 3 is 2.82 bits per heavy atom. The molecule has 0 aromatic heterocycles. The van der Waals surface area contributed by atoms with Gasteiger partial charge in [-0.1, -0.05) is 0 Å². The van der Waals surface area contributed by atoms with Crippen LogP contribution in [0, 0.1) is 5.92 Å². The van der Waals surface area contributed by atoms with Gasteiger partial charge in [0.25, 0.3) is 0 Å². The number of hydrogen-bond acceptors (Lipinski definition) is 4. The van der Waals surface area contributed by atoms with Crippen molar-refractivity contribution in [2.75, 3.05) is 39.4 Å². The molecule has 0 aromatic carbocycles. The minimum atomic E-state index is -0.173. The molecule has 2 rings (SSSR count). The molecule has 0 spiro atoms. The molecule has 2 aliphatic rings. The number of carbonyl (C=O) groups excluding carboxylic acids is 1. The minimum Gasteiger partial charge on any atom is -0.450 e. The zero-order chi connectivity index (χ0) is 12.1. The van der Waals surface area contributed by atoms with Crippen LogP contribution in [0.4, 0.5) is 4.79 Å². The molecule has 5 nitrogen and oxygen atoms in total. The lowest BCUT2D eigenvalue weighted by Gasteiger charge is -2.37. The fourth-order valence-electron chi connectivity index (χ4n) is 2.56. The van der Waals surface area contributed by atoms with Crippen LogP contribution in [0.25, 0.3) is 0 Å². The molecule has 1 amide bonds. The highest BCUT2D eigenvalue weighted by Crippen LogP contribution is 2.23. The lowest BCUT2D eigenvalue weighted by Crippen LogP contribution is -2.47. The lowest BCUT2D eigenvalue weighted by molar-refractivity contribution is -0.0267. The average molecular weight is 242 g/mol. The van der Waals surface area contributed by atoms with E-state index in [-0.39, 0.29) is 6.09 Å². The molecule has 0 radical (unpaired) electrons. The molecule has 2 heterocycles. The highest BCUT2D eigenvalue weighted by atomic mass is 16.6. The monoisotopic (exact) mass is 242 g/mol. The summed E-state index contributed by atoms with van der Waals surface area (Å²) >= 11 is 0. The van der Waals surface area contributed by atoms with Crippen LogP contribution in [0.15, 0.2) is 0 Å². The summed E-state index contributed by atoms with van der Waals surface area (Å²) in [5.74, 6) is 0.577. The number of rotatable bonds is 2. The molecule has 0 aromatic rings. The van der Waals surface area contributed by atoms with Crippen molar-refractivity contribution in [1.82, 2.24) is 10.2 Å². The Balaban J connectivity index is 1.75. The van der Waals surface area contributed by atoms with Gasteiger partial charge in [0.05, 0.1) is 19.3 Å². The van der Waals surface area contributed by atoms with E-state index < -0.39 is 0 Å². The number of piperidine rings is 1.